The Hall–Kier alpha value is -1.48. The number of aromatic nitrogens is 1. The van der Waals surface area contributed by atoms with Gasteiger partial charge in [-0.25, -0.2) is 0 Å². The monoisotopic (exact) mass is 251 g/mol. The Bertz CT molecular complexity index is 572. The van der Waals surface area contributed by atoms with Gasteiger partial charge in [0.25, 0.3) is 0 Å². The fourth-order valence-corrected chi connectivity index (χ4v) is 2.04. The molecule has 0 aliphatic rings. The highest BCUT2D eigenvalue weighted by Crippen LogP contribution is 2.27. The molecule has 1 aromatic carbocycles. The smallest absolute Gasteiger partial charge is 0.309 e. The number of carboxylic acids is 1. The van der Waals surface area contributed by atoms with Gasteiger partial charge in [-0.15, -0.1) is 0 Å². The van der Waals surface area contributed by atoms with Crippen LogP contribution >= 0.6 is 11.6 Å². The van der Waals surface area contributed by atoms with Gasteiger partial charge in [0.1, 0.15) is 0 Å². The molecule has 4 heteroatoms. The van der Waals surface area contributed by atoms with E-state index in [4.69, 9.17) is 16.7 Å². The highest BCUT2D eigenvalue weighted by atomic mass is 35.5. The van der Waals surface area contributed by atoms with Gasteiger partial charge in [0, 0.05) is 17.1 Å². The number of carbonyl (C=O) groups is 1. The molecule has 1 aromatic heterocycles. The number of benzene rings is 1. The van der Waals surface area contributed by atoms with Crippen LogP contribution in [-0.2, 0) is 11.2 Å². The van der Waals surface area contributed by atoms with Gasteiger partial charge in [-0.1, -0.05) is 17.7 Å². The number of hydrogen-bond acceptors (Lipinski definition) is 1. The summed E-state index contributed by atoms with van der Waals surface area (Å²) in [6.45, 7) is 3.44. The number of aliphatic carboxylic acids is 1. The molecule has 0 atom stereocenters. The number of H-pyrrole nitrogens is 1. The second-order valence-electron chi connectivity index (χ2n) is 4.88. The summed E-state index contributed by atoms with van der Waals surface area (Å²) in [7, 11) is 0. The highest BCUT2D eigenvalue weighted by Gasteiger charge is 2.27. The third-order valence-corrected chi connectivity index (χ3v) is 3.23. The summed E-state index contributed by atoms with van der Waals surface area (Å²) in [5, 5.41) is 10.7. The van der Waals surface area contributed by atoms with Gasteiger partial charge in [0.15, 0.2) is 0 Å². The molecule has 1 heterocycles. The first-order valence-electron chi connectivity index (χ1n) is 5.39. The van der Waals surface area contributed by atoms with Crippen LogP contribution in [0.3, 0.4) is 0 Å². The van der Waals surface area contributed by atoms with Gasteiger partial charge in [0.05, 0.1) is 10.4 Å². The molecule has 0 aliphatic carbocycles. The minimum Gasteiger partial charge on any atom is -0.481 e. The second kappa shape index (κ2) is 4.08. The van der Waals surface area contributed by atoms with Gasteiger partial charge in [-0.2, -0.15) is 0 Å². The van der Waals surface area contributed by atoms with Gasteiger partial charge in [-0.05, 0) is 38.0 Å². The van der Waals surface area contributed by atoms with Crippen LogP contribution in [0.4, 0.5) is 0 Å². The van der Waals surface area contributed by atoms with Crippen molar-refractivity contribution in [3.05, 3.63) is 35.0 Å². The standard InChI is InChI=1S/C13H14ClNO2/c1-13(2,12(16)17)6-8-3-4-11-9(5-8)10(14)7-15-11/h3-5,7,15H,6H2,1-2H3,(H,16,17). The van der Waals surface area contributed by atoms with E-state index in [-0.39, 0.29) is 0 Å². The first-order valence-corrected chi connectivity index (χ1v) is 5.77. The van der Waals surface area contributed by atoms with E-state index in [1.165, 1.54) is 0 Å². The summed E-state index contributed by atoms with van der Waals surface area (Å²) in [4.78, 5) is 14.1. The molecular weight excluding hydrogens is 238 g/mol. The van der Waals surface area contributed by atoms with Gasteiger partial charge < -0.3 is 10.1 Å². The maximum atomic E-state index is 11.1. The minimum atomic E-state index is -0.794. The molecule has 2 rings (SSSR count). The normalized spacial score (nSPS) is 11.9. The summed E-state index contributed by atoms with van der Waals surface area (Å²) >= 11 is 6.03. The van der Waals surface area contributed by atoms with E-state index in [0.717, 1.165) is 16.5 Å². The predicted molar refractivity (Wildman–Crippen MR) is 68.4 cm³/mol. The van der Waals surface area contributed by atoms with E-state index in [2.05, 4.69) is 4.98 Å². The maximum absolute atomic E-state index is 11.1. The molecule has 17 heavy (non-hydrogen) atoms. The number of rotatable bonds is 3. The van der Waals surface area contributed by atoms with Crippen molar-refractivity contribution < 1.29 is 9.90 Å². The molecular formula is C13H14ClNO2. The van der Waals surface area contributed by atoms with Crippen LogP contribution in [-0.4, -0.2) is 16.1 Å². The summed E-state index contributed by atoms with van der Waals surface area (Å²) in [6.07, 6.45) is 2.22. The second-order valence-corrected chi connectivity index (χ2v) is 5.29. The van der Waals surface area contributed by atoms with Crippen molar-refractivity contribution in [3.8, 4) is 0 Å². The molecule has 0 spiro atoms. The van der Waals surface area contributed by atoms with Gasteiger partial charge in [-0.3, -0.25) is 4.79 Å². The Kier molecular flexibility index (Phi) is 2.87. The first kappa shape index (κ1) is 12.0. The zero-order chi connectivity index (χ0) is 12.6. The van der Waals surface area contributed by atoms with Crippen LogP contribution in [0.2, 0.25) is 5.02 Å². The highest BCUT2D eigenvalue weighted by molar-refractivity contribution is 6.35. The Morgan fingerprint density at radius 2 is 2.18 bits per heavy atom. The lowest BCUT2D eigenvalue weighted by molar-refractivity contribution is -0.146. The largest absolute Gasteiger partial charge is 0.481 e. The lowest BCUT2D eigenvalue weighted by atomic mass is 9.86. The molecule has 90 valence electrons. The fraction of sp³-hybridized carbons (Fsp3) is 0.308. The summed E-state index contributed by atoms with van der Waals surface area (Å²) in [5.41, 5.74) is 1.18. The van der Waals surface area contributed by atoms with Crippen molar-refractivity contribution >= 4 is 28.5 Å². The van der Waals surface area contributed by atoms with Crippen molar-refractivity contribution in [1.82, 2.24) is 4.98 Å². The molecule has 2 aromatic rings. The average Bonchev–Trinajstić information content (AvgIpc) is 2.60. The Morgan fingerprint density at radius 1 is 1.47 bits per heavy atom. The zero-order valence-electron chi connectivity index (χ0n) is 9.75. The van der Waals surface area contributed by atoms with Crippen molar-refractivity contribution in [2.75, 3.05) is 0 Å². The van der Waals surface area contributed by atoms with Crippen molar-refractivity contribution in [3.63, 3.8) is 0 Å². The van der Waals surface area contributed by atoms with Crippen LogP contribution in [0.15, 0.2) is 24.4 Å². The van der Waals surface area contributed by atoms with E-state index in [9.17, 15) is 4.79 Å². The van der Waals surface area contributed by atoms with Crippen LogP contribution < -0.4 is 0 Å². The van der Waals surface area contributed by atoms with Crippen LogP contribution in [0.5, 0.6) is 0 Å². The Morgan fingerprint density at radius 3 is 2.82 bits per heavy atom. The lowest BCUT2D eigenvalue weighted by Crippen LogP contribution is -2.26. The SMILES string of the molecule is CC(C)(Cc1ccc2[nH]cc(Cl)c2c1)C(=O)O. The van der Waals surface area contributed by atoms with Crippen molar-refractivity contribution in [2.45, 2.75) is 20.3 Å². The predicted octanol–water partition coefficient (Wildman–Crippen LogP) is 3.47. The van der Waals surface area contributed by atoms with Crippen molar-refractivity contribution in [1.29, 1.82) is 0 Å². The summed E-state index contributed by atoms with van der Waals surface area (Å²) in [6, 6.07) is 5.80. The third-order valence-electron chi connectivity index (χ3n) is 2.92. The molecule has 0 unspecified atom stereocenters. The molecule has 0 saturated heterocycles. The lowest BCUT2D eigenvalue weighted by Gasteiger charge is -2.18. The Balaban J connectivity index is 2.37. The average molecular weight is 252 g/mol. The van der Waals surface area contributed by atoms with E-state index in [1.54, 1.807) is 20.0 Å². The first-order chi connectivity index (χ1) is 7.90. The third kappa shape index (κ3) is 2.29. The zero-order valence-corrected chi connectivity index (χ0v) is 10.5. The van der Waals surface area contributed by atoms with E-state index in [0.29, 0.717) is 11.4 Å². The quantitative estimate of drug-likeness (QED) is 0.878. The number of hydrogen-bond donors (Lipinski definition) is 2. The van der Waals surface area contributed by atoms with Gasteiger partial charge >= 0.3 is 5.97 Å². The number of nitrogens with one attached hydrogen (secondary N) is 1. The van der Waals surface area contributed by atoms with Crippen LogP contribution in [0.1, 0.15) is 19.4 Å². The topological polar surface area (TPSA) is 53.1 Å². The molecule has 2 N–H and O–H groups in total. The van der Waals surface area contributed by atoms with Crippen molar-refractivity contribution in [2.24, 2.45) is 5.41 Å². The van der Waals surface area contributed by atoms with Gasteiger partial charge in [0.2, 0.25) is 0 Å². The van der Waals surface area contributed by atoms with Crippen LogP contribution in [0, 0.1) is 5.41 Å². The fourth-order valence-electron chi connectivity index (χ4n) is 1.83. The molecule has 0 bridgehead atoms. The molecule has 0 radical (unpaired) electrons. The Labute approximate surface area is 104 Å². The minimum absolute atomic E-state index is 0.486. The molecule has 0 aliphatic heterocycles. The molecule has 3 nitrogen and oxygen atoms in total. The summed E-state index contributed by atoms with van der Waals surface area (Å²) in [5.74, 6) is -0.794. The van der Waals surface area contributed by atoms with Crippen LogP contribution in [0.25, 0.3) is 10.9 Å². The molecule has 0 saturated carbocycles. The molecule has 0 fully saturated rings. The number of carboxylic acid groups (broad SMARTS) is 1. The molecule has 0 amide bonds. The maximum Gasteiger partial charge on any atom is 0.309 e. The van der Waals surface area contributed by atoms with E-state index < -0.39 is 11.4 Å². The number of fused-ring (bicyclic) bond motifs is 1. The van der Waals surface area contributed by atoms with E-state index >= 15 is 0 Å². The number of halogens is 1. The number of aromatic amines is 1. The summed E-state index contributed by atoms with van der Waals surface area (Å²) < 4.78 is 0. The van der Waals surface area contributed by atoms with E-state index in [1.807, 2.05) is 18.2 Å².